The number of alkyl halides is 1. The molecule has 15 heavy (non-hydrogen) atoms. The van der Waals surface area contributed by atoms with Crippen molar-refractivity contribution in [1.82, 2.24) is 5.32 Å². The minimum absolute atomic E-state index is 0.0681. The van der Waals surface area contributed by atoms with E-state index >= 15 is 0 Å². The van der Waals surface area contributed by atoms with E-state index in [1.807, 2.05) is 26.8 Å². The summed E-state index contributed by atoms with van der Waals surface area (Å²) >= 11 is 5.71. The molecule has 0 saturated carbocycles. The van der Waals surface area contributed by atoms with Crippen LogP contribution in [0.1, 0.15) is 32.6 Å². The van der Waals surface area contributed by atoms with Crippen LogP contribution in [0, 0.1) is 5.41 Å². The minimum Gasteiger partial charge on any atom is -0.467 e. The van der Waals surface area contributed by atoms with Crippen molar-refractivity contribution in [3.8, 4) is 0 Å². The van der Waals surface area contributed by atoms with Crippen LogP contribution in [0.2, 0.25) is 0 Å². The molecule has 1 rings (SSSR count). The number of carbonyl (C=O) groups is 1. The van der Waals surface area contributed by atoms with Gasteiger partial charge in [0.25, 0.3) is 0 Å². The molecule has 1 atom stereocenters. The minimum atomic E-state index is -0.553. The third-order valence-corrected chi connectivity index (χ3v) is 2.93. The van der Waals surface area contributed by atoms with E-state index in [0.717, 1.165) is 5.76 Å². The van der Waals surface area contributed by atoms with Crippen LogP contribution in [-0.2, 0) is 4.79 Å². The molecule has 3 nitrogen and oxygen atoms in total. The fourth-order valence-corrected chi connectivity index (χ4v) is 1.18. The molecule has 0 radical (unpaired) electrons. The standard InChI is InChI=1S/C11H16ClNO2/c1-8(9-5-4-6-15-9)13-10(14)11(2,3)7-12/h4-6,8H,7H2,1-3H3,(H,13,14)/t8-/m1/s1. The third-order valence-electron chi connectivity index (χ3n) is 2.27. The second kappa shape index (κ2) is 4.71. The third kappa shape index (κ3) is 2.99. The van der Waals surface area contributed by atoms with Crippen molar-refractivity contribution in [2.75, 3.05) is 5.88 Å². The largest absolute Gasteiger partial charge is 0.467 e. The molecule has 0 aliphatic carbocycles. The Kier molecular flexibility index (Phi) is 3.80. The van der Waals surface area contributed by atoms with E-state index in [2.05, 4.69) is 5.32 Å². The lowest BCUT2D eigenvalue weighted by molar-refractivity contribution is -0.129. The summed E-state index contributed by atoms with van der Waals surface area (Å²) in [4.78, 5) is 11.8. The molecule has 1 amide bonds. The molecule has 0 aliphatic heterocycles. The Hall–Kier alpha value is -0.960. The molecule has 0 unspecified atom stereocenters. The zero-order chi connectivity index (χ0) is 11.5. The summed E-state index contributed by atoms with van der Waals surface area (Å²) in [5.74, 6) is 0.971. The van der Waals surface area contributed by atoms with Crippen molar-refractivity contribution in [2.45, 2.75) is 26.8 Å². The summed E-state index contributed by atoms with van der Waals surface area (Å²) in [6, 6.07) is 3.50. The van der Waals surface area contributed by atoms with Crippen molar-refractivity contribution in [1.29, 1.82) is 0 Å². The Balaban J connectivity index is 2.60. The van der Waals surface area contributed by atoms with Gasteiger partial charge in [0.1, 0.15) is 5.76 Å². The Labute approximate surface area is 94.8 Å². The average molecular weight is 230 g/mol. The first kappa shape index (κ1) is 12.1. The van der Waals surface area contributed by atoms with Crippen LogP contribution < -0.4 is 5.32 Å². The van der Waals surface area contributed by atoms with Crippen LogP contribution in [0.3, 0.4) is 0 Å². The normalized spacial score (nSPS) is 13.6. The Morgan fingerprint density at radius 3 is 2.80 bits per heavy atom. The smallest absolute Gasteiger partial charge is 0.227 e. The van der Waals surface area contributed by atoms with Gasteiger partial charge in [0.15, 0.2) is 0 Å². The van der Waals surface area contributed by atoms with Gasteiger partial charge in [-0.05, 0) is 32.9 Å². The van der Waals surface area contributed by atoms with E-state index in [1.54, 1.807) is 12.3 Å². The lowest BCUT2D eigenvalue weighted by Crippen LogP contribution is -2.39. The van der Waals surface area contributed by atoms with Crippen LogP contribution in [0.15, 0.2) is 22.8 Å². The molecule has 1 aromatic rings. The predicted molar refractivity (Wildman–Crippen MR) is 59.8 cm³/mol. The first-order valence-electron chi connectivity index (χ1n) is 4.87. The zero-order valence-corrected chi connectivity index (χ0v) is 9.97. The number of amides is 1. The first-order chi connectivity index (χ1) is 6.97. The van der Waals surface area contributed by atoms with Crippen molar-refractivity contribution in [3.63, 3.8) is 0 Å². The van der Waals surface area contributed by atoms with Gasteiger partial charge >= 0.3 is 0 Å². The molecule has 0 bridgehead atoms. The highest BCUT2D eigenvalue weighted by molar-refractivity contribution is 6.19. The topological polar surface area (TPSA) is 42.2 Å². The molecular weight excluding hydrogens is 214 g/mol. The van der Waals surface area contributed by atoms with Gasteiger partial charge in [-0.3, -0.25) is 4.79 Å². The molecule has 0 spiro atoms. The Bertz CT molecular complexity index is 319. The average Bonchev–Trinajstić information content (AvgIpc) is 2.70. The second-order valence-electron chi connectivity index (χ2n) is 4.23. The molecule has 0 fully saturated rings. The summed E-state index contributed by atoms with van der Waals surface area (Å²) in [6.07, 6.45) is 1.59. The first-order valence-corrected chi connectivity index (χ1v) is 5.41. The number of carbonyl (C=O) groups excluding carboxylic acids is 1. The zero-order valence-electron chi connectivity index (χ0n) is 9.21. The van der Waals surface area contributed by atoms with Crippen LogP contribution in [0.25, 0.3) is 0 Å². The molecule has 1 heterocycles. The van der Waals surface area contributed by atoms with Gasteiger partial charge in [-0.15, -0.1) is 11.6 Å². The fraction of sp³-hybridized carbons (Fsp3) is 0.545. The molecular formula is C11H16ClNO2. The van der Waals surface area contributed by atoms with E-state index in [1.165, 1.54) is 0 Å². The van der Waals surface area contributed by atoms with Gasteiger partial charge in [-0.1, -0.05) is 0 Å². The Morgan fingerprint density at radius 2 is 2.33 bits per heavy atom. The molecule has 0 aromatic carbocycles. The molecule has 0 aliphatic rings. The van der Waals surface area contributed by atoms with E-state index in [9.17, 15) is 4.79 Å². The molecule has 1 N–H and O–H groups in total. The van der Waals surface area contributed by atoms with Crippen LogP contribution >= 0.6 is 11.6 Å². The molecule has 0 saturated heterocycles. The predicted octanol–water partition coefficient (Wildman–Crippen LogP) is 2.72. The second-order valence-corrected chi connectivity index (χ2v) is 4.50. The highest BCUT2D eigenvalue weighted by Crippen LogP contribution is 2.20. The lowest BCUT2D eigenvalue weighted by atomic mass is 9.95. The monoisotopic (exact) mass is 229 g/mol. The highest BCUT2D eigenvalue weighted by atomic mass is 35.5. The number of nitrogens with one attached hydrogen (secondary N) is 1. The van der Waals surface area contributed by atoms with Gasteiger partial charge in [0, 0.05) is 5.88 Å². The van der Waals surface area contributed by atoms with Crippen molar-refractivity contribution in [3.05, 3.63) is 24.2 Å². The van der Waals surface area contributed by atoms with E-state index in [4.69, 9.17) is 16.0 Å². The van der Waals surface area contributed by atoms with Gasteiger partial charge in [0.05, 0.1) is 17.7 Å². The van der Waals surface area contributed by atoms with Gasteiger partial charge in [-0.2, -0.15) is 0 Å². The SMILES string of the molecule is C[C@@H](NC(=O)C(C)(C)CCl)c1ccco1. The lowest BCUT2D eigenvalue weighted by Gasteiger charge is -2.22. The molecule has 84 valence electrons. The number of hydrogen-bond acceptors (Lipinski definition) is 2. The Morgan fingerprint density at radius 1 is 1.67 bits per heavy atom. The van der Waals surface area contributed by atoms with Crippen LogP contribution in [0.5, 0.6) is 0 Å². The number of hydrogen-bond donors (Lipinski definition) is 1. The fourth-order valence-electron chi connectivity index (χ4n) is 1.06. The molecule has 1 aromatic heterocycles. The summed E-state index contributed by atoms with van der Waals surface area (Å²) < 4.78 is 5.19. The van der Waals surface area contributed by atoms with Crippen molar-refractivity contribution >= 4 is 17.5 Å². The van der Waals surface area contributed by atoms with Gasteiger partial charge in [0.2, 0.25) is 5.91 Å². The van der Waals surface area contributed by atoms with E-state index in [0.29, 0.717) is 5.88 Å². The summed E-state index contributed by atoms with van der Waals surface area (Å²) in [7, 11) is 0. The van der Waals surface area contributed by atoms with E-state index < -0.39 is 5.41 Å². The maximum Gasteiger partial charge on any atom is 0.227 e. The number of halogens is 1. The van der Waals surface area contributed by atoms with Gasteiger partial charge < -0.3 is 9.73 Å². The number of rotatable bonds is 4. The summed E-state index contributed by atoms with van der Waals surface area (Å²) in [6.45, 7) is 5.50. The highest BCUT2D eigenvalue weighted by Gasteiger charge is 2.28. The van der Waals surface area contributed by atoms with E-state index in [-0.39, 0.29) is 11.9 Å². The quantitative estimate of drug-likeness (QED) is 0.807. The maximum atomic E-state index is 11.8. The number of furan rings is 1. The molecule has 4 heteroatoms. The maximum absolute atomic E-state index is 11.8. The van der Waals surface area contributed by atoms with Crippen molar-refractivity contribution < 1.29 is 9.21 Å². The summed E-state index contributed by atoms with van der Waals surface area (Å²) in [5, 5.41) is 2.86. The van der Waals surface area contributed by atoms with Gasteiger partial charge in [-0.25, -0.2) is 0 Å². The summed E-state index contributed by atoms with van der Waals surface area (Å²) in [5.41, 5.74) is -0.553. The van der Waals surface area contributed by atoms with Crippen molar-refractivity contribution in [2.24, 2.45) is 5.41 Å². The van der Waals surface area contributed by atoms with Crippen LogP contribution in [-0.4, -0.2) is 11.8 Å². The van der Waals surface area contributed by atoms with Crippen LogP contribution in [0.4, 0.5) is 0 Å².